The van der Waals surface area contributed by atoms with E-state index in [0.29, 0.717) is 16.1 Å². The Bertz CT molecular complexity index is 632. The number of thiazole rings is 1. The van der Waals surface area contributed by atoms with Gasteiger partial charge in [0.2, 0.25) is 0 Å². The molecular weight excluding hydrogens is 304 g/mol. The van der Waals surface area contributed by atoms with E-state index >= 15 is 0 Å². The number of amides is 1. The number of aromatic nitrogens is 1. The Kier molecular flexibility index (Phi) is 4.27. The maximum absolute atomic E-state index is 12.5. The highest BCUT2D eigenvalue weighted by atomic mass is 35.5. The summed E-state index contributed by atoms with van der Waals surface area (Å²) in [6.07, 6.45) is 4.65. The lowest BCUT2D eigenvalue weighted by molar-refractivity contribution is 0.0735. The first-order valence-electron chi connectivity index (χ1n) is 7.14. The van der Waals surface area contributed by atoms with Crippen LogP contribution in [0.2, 0.25) is 5.02 Å². The molecule has 0 bridgehead atoms. The Morgan fingerprint density at radius 2 is 1.95 bits per heavy atom. The van der Waals surface area contributed by atoms with Gasteiger partial charge in [-0.05, 0) is 25.0 Å². The van der Waals surface area contributed by atoms with Crippen LogP contribution in [0.5, 0.6) is 0 Å². The van der Waals surface area contributed by atoms with Gasteiger partial charge in [0.05, 0.1) is 5.69 Å². The van der Waals surface area contributed by atoms with E-state index in [9.17, 15) is 4.79 Å². The lowest BCUT2D eigenvalue weighted by Gasteiger charge is -2.23. The minimum absolute atomic E-state index is 0.0344. The molecule has 1 aromatic heterocycles. The van der Waals surface area contributed by atoms with Crippen molar-refractivity contribution < 1.29 is 4.79 Å². The van der Waals surface area contributed by atoms with Crippen LogP contribution in [0.4, 0.5) is 0 Å². The normalized spacial score (nSPS) is 15.3. The van der Waals surface area contributed by atoms with E-state index < -0.39 is 0 Å². The molecule has 2 aromatic rings. The van der Waals surface area contributed by atoms with Crippen molar-refractivity contribution in [3.63, 3.8) is 0 Å². The highest BCUT2D eigenvalue weighted by Crippen LogP contribution is 2.27. The van der Waals surface area contributed by atoms with Crippen molar-refractivity contribution in [2.45, 2.75) is 31.7 Å². The molecule has 0 unspecified atom stereocenters. The zero-order valence-corrected chi connectivity index (χ0v) is 13.5. The Morgan fingerprint density at radius 1 is 1.29 bits per heavy atom. The van der Waals surface area contributed by atoms with Crippen molar-refractivity contribution in [2.24, 2.45) is 0 Å². The van der Waals surface area contributed by atoms with Crippen molar-refractivity contribution in [3.8, 4) is 11.3 Å². The third-order valence-corrected chi connectivity index (χ3v) is 5.10. The van der Waals surface area contributed by atoms with Gasteiger partial charge >= 0.3 is 0 Å². The molecule has 3 nitrogen and oxygen atoms in total. The molecule has 1 aliphatic carbocycles. The quantitative estimate of drug-likeness (QED) is 0.835. The molecule has 5 heteroatoms. The van der Waals surface area contributed by atoms with Crippen LogP contribution in [0.1, 0.15) is 35.5 Å². The van der Waals surface area contributed by atoms with Gasteiger partial charge in [-0.2, -0.15) is 0 Å². The van der Waals surface area contributed by atoms with E-state index in [4.69, 9.17) is 11.6 Å². The molecule has 1 amide bonds. The highest BCUT2D eigenvalue weighted by molar-refractivity contribution is 7.12. The van der Waals surface area contributed by atoms with E-state index in [1.165, 1.54) is 24.2 Å². The number of rotatable bonds is 3. The molecule has 0 N–H and O–H groups in total. The fourth-order valence-corrected chi connectivity index (χ4v) is 3.67. The van der Waals surface area contributed by atoms with E-state index in [1.54, 1.807) is 0 Å². The van der Waals surface area contributed by atoms with Crippen LogP contribution in [0, 0.1) is 0 Å². The van der Waals surface area contributed by atoms with Crippen molar-refractivity contribution in [1.29, 1.82) is 0 Å². The Labute approximate surface area is 133 Å². The summed E-state index contributed by atoms with van der Waals surface area (Å²) in [6.45, 7) is 0. The second kappa shape index (κ2) is 6.16. The average Bonchev–Trinajstić information content (AvgIpc) is 3.18. The van der Waals surface area contributed by atoms with Crippen molar-refractivity contribution in [3.05, 3.63) is 39.7 Å². The number of carbonyl (C=O) groups is 1. The van der Waals surface area contributed by atoms with Crippen molar-refractivity contribution in [2.75, 3.05) is 7.05 Å². The maximum atomic E-state index is 12.5. The van der Waals surface area contributed by atoms with Gasteiger partial charge in [-0.1, -0.05) is 36.6 Å². The zero-order chi connectivity index (χ0) is 14.8. The average molecular weight is 321 g/mol. The van der Waals surface area contributed by atoms with Crippen LogP contribution in [0.15, 0.2) is 29.6 Å². The van der Waals surface area contributed by atoms with Crippen LogP contribution < -0.4 is 0 Å². The molecule has 110 valence electrons. The summed E-state index contributed by atoms with van der Waals surface area (Å²) >= 11 is 7.30. The molecule has 1 heterocycles. The highest BCUT2D eigenvalue weighted by Gasteiger charge is 2.25. The lowest BCUT2D eigenvalue weighted by atomic mass is 10.2. The zero-order valence-electron chi connectivity index (χ0n) is 11.9. The Morgan fingerprint density at radius 3 is 2.62 bits per heavy atom. The number of nitrogens with zero attached hydrogens (tertiary/aromatic N) is 2. The molecule has 1 saturated carbocycles. The van der Waals surface area contributed by atoms with Crippen molar-refractivity contribution in [1.82, 2.24) is 9.88 Å². The predicted molar refractivity (Wildman–Crippen MR) is 86.9 cm³/mol. The van der Waals surface area contributed by atoms with Gasteiger partial charge in [0.25, 0.3) is 5.91 Å². The first-order chi connectivity index (χ1) is 10.1. The summed E-state index contributed by atoms with van der Waals surface area (Å²) in [6, 6.07) is 7.89. The van der Waals surface area contributed by atoms with Crippen LogP contribution >= 0.6 is 22.9 Å². The predicted octanol–water partition coefficient (Wildman–Crippen LogP) is 4.48. The summed E-state index contributed by atoms with van der Waals surface area (Å²) < 4.78 is 0. The van der Waals surface area contributed by atoms with Gasteiger partial charge in [-0.3, -0.25) is 4.79 Å². The minimum Gasteiger partial charge on any atom is -0.337 e. The van der Waals surface area contributed by atoms with Crippen LogP contribution in [-0.2, 0) is 0 Å². The molecule has 0 radical (unpaired) electrons. The molecule has 0 saturated heterocycles. The summed E-state index contributed by atoms with van der Waals surface area (Å²) in [4.78, 5) is 18.8. The van der Waals surface area contributed by atoms with Crippen LogP contribution in [0.25, 0.3) is 11.3 Å². The van der Waals surface area contributed by atoms with Crippen LogP contribution in [-0.4, -0.2) is 28.9 Å². The number of benzene rings is 1. The molecule has 0 atom stereocenters. The van der Waals surface area contributed by atoms with Gasteiger partial charge in [0.15, 0.2) is 5.01 Å². The SMILES string of the molecule is CN(C(=O)c1nc(-c2ccc(Cl)cc2)cs1)C1CCCC1. The molecule has 3 rings (SSSR count). The number of halogens is 1. The van der Waals surface area contributed by atoms with Gasteiger partial charge in [-0.25, -0.2) is 4.98 Å². The molecular formula is C16H17ClN2OS. The maximum Gasteiger partial charge on any atom is 0.282 e. The van der Waals surface area contributed by atoms with E-state index in [-0.39, 0.29) is 5.91 Å². The first kappa shape index (κ1) is 14.5. The standard InChI is InChI=1S/C16H17ClN2OS/c1-19(13-4-2-3-5-13)16(20)15-18-14(10-21-15)11-6-8-12(17)9-7-11/h6-10,13H,2-5H2,1H3. The lowest BCUT2D eigenvalue weighted by Crippen LogP contribution is -2.35. The second-order valence-corrected chi connectivity index (χ2v) is 6.69. The largest absolute Gasteiger partial charge is 0.337 e. The molecule has 0 aliphatic heterocycles. The van der Waals surface area contributed by atoms with E-state index in [1.807, 2.05) is 41.6 Å². The topological polar surface area (TPSA) is 33.2 Å². The summed E-state index contributed by atoms with van der Waals surface area (Å²) in [5, 5.41) is 3.19. The number of carbonyl (C=O) groups excluding carboxylic acids is 1. The third kappa shape index (κ3) is 3.11. The first-order valence-corrected chi connectivity index (χ1v) is 8.39. The Hall–Kier alpha value is -1.39. The van der Waals surface area contributed by atoms with Crippen molar-refractivity contribution >= 4 is 28.8 Å². The molecule has 1 aromatic carbocycles. The fraction of sp³-hybridized carbons (Fsp3) is 0.375. The minimum atomic E-state index is 0.0344. The van der Waals surface area contributed by atoms with E-state index in [0.717, 1.165) is 24.1 Å². The van der Waals surface area contributed by atoms with E-state index in [2.05, 4.69) is 4.98 Å². The van der Waals surface area contributed by atoms with Crippen LogP contribution in [0.3, 0.4) is 0 Å². The molecule has 1 aliphatic rings. The number of hydrogen-bond acceptors (Lipinski definition) is 3. The van der Waals surface area contributed by atoms with Gasteiger partial charge in [-0.15, -0.1) is 11.3 Å². The molecule has 21 heavy (non-hydrogen) atoms. The summed E-state index contributed by atoms with van der Waals surface area (Å²) in [5.74, 6) is 0.0344. The summed E-state index contributed by atoms with van der Waals surface area (Å²) in [5.41, 5.74) is 1.82. The summed E-state index contributed by atoms with van der Waals surface area (Å²) in [7, 11) is 1.89. The van der Waals surface area contributed by atoms with Gasteiger partial charge in [0.1, 0.15) is 0 Å². The fourth-order valence-electron chi connectivity index (χ4n) is 2.73. The molecule has 1 fully saturated rings. The third-order valence-electron chi connectivity index (χ3n) is 4.02. The van der Waals surface area contributed by atoms with Gasteiger partial charge in [0, 0.05) is 29.1 Å². The second-order valence-electron chi connectivity index (χ2n) is 5.40. The smallest absolute Gasteiger partial charge is 0.282 e. The van der Waals surface area contributed by atoms with Gasteiger partial charge < -0.3 is 4.90 Å². The molecule has 0 spiro atoms. The monoisotopic (exact) mass is 320 g/mol. The Balaban J connectivity index is 1.77. The number of hydrogen-bond donors (Lipinski definition) is 0.